The van der Waals surface area contributed by atoms with Crippen LogP contribution in [0.15, 0.2) is 0 Å². The van der Waals surface area contributed by atoms with Crippen molar-refractivity contribution in [3.63, 3.8) is 0 Å². The van der Waals surface area contributed by atoms with Crippen LogP contribution in [0.25, 0.3) is 0 Å². The van der Waals surface area contributed by atoms with Gasteiger partial charge in [-0.05, 0) is 6.42 Å². The van der Waals surface area contributed by atoms with Crippen molar-refractivity contribution in [2.24, 2.45) is 5.92 Å². The van der Waals surface area contributed by atoms with Crippen LogP contribution in [-0.2, 0) is 14.3 Å². The lowest BCUT2D eigenvalue weighted by Gasteiger charge is -2.11. The number of carbonyl (C=O) groups is 1. The number of carboxylic acids is 1. The van der Waals surface area contributed by atoms with Gasteiger partial charge in [-0.2, -0.15) is 0 Å². The summed E-state index contributed by atoms with van der Waals surface area (Å²) in [5, 5.41) is 8.55. The SMILES string of the molecule is CO[C@H]1OCC[C@@H]1C(=O)O. The van der Waals surface area contributed by atoms with Crippen LogP contribution >= 0.6 is 0 Å². The lowest BCUT2D eigenvalue weighted by molar-refractivity contribution is -0.158. The van der Waals surface area contributed by atoms with Gasteiger partial charge in [0.05, 0.1) is 6.61 Å². The molecule has 1 fully saturated rings. The molecule has 0 saturated carbocycles. The Labute approximate surface area is 58.7 Å². The Morgan fingerprint density at radius 2 is 2.50 bits per heavy atom. The molecule has 2 atom stereocenters. The molecule has 0 spiro atoms. The predicted octanol–water partition coefficient (Wildman–Crippen LogP) is 0.0800. The fourth-order valence-corrected chi connectivity index (χ4v) is 1.04. The fraction of sp³-hybridized carbons (Fsp3) is 0.833. The minimum absolute atomic E-state index is 0.481. The number of hydrogen-bond donors (Lipinski definition) is 1. The van der Waals surface area contributed by atoms with E-state index in [1.165, 1.54) is 7.11 Å². The number of ether oxygens (including phenoxy) is 2. The van der Waals surface area contributed by atoms with E-state index in [1.54, 1.807) is 0 Å². The highest BCUT2D eigenvalue weighted by molar-refractivity contribution is 5.70. The van der Waals surface area contributed by atoms with E-state index < -0.39 is 18.2 Å². The second-order valence-corrected chi connectivity index (χ2v) is 2.21. The van der Waals surface area contributed by atoms with Gasteiger partial charge in [0.15, 0.2) is 6.29 Å². The van der Waals surface area contributed by atoms with Gasteiger partial charge < -0.3 is 14.6 Å². The monoisotopic (exact) mass is 146 g/mol. The molecule has 0 aromatic heterocycles. The zero-order valence-corrected chi connectivity index (χ0v) is 5.74. The van der Waals surface area contributed by atoms with Crippen LogP contribution in [0.1, 0.15) is 6.42 Å². The molecule has 1 aliphatic heterocycles. The molecule has 1 aliphatic rings. The van der Waals surface area contributed by atoms with Crippen molar-refractivity contribution in [1.82, 2.24) is 0 Å². The molecule has 4 heteroatoms. The van der Waals surface area contributed by atoms with Gasteiger partial charge in [0.1, 0.15) is 5.92 Å². The van der Waals surface area contributed by atoms with Crippen molar-refractivity contribution >= 4 is 5.97 Å². The Morgan fingerprint density at radius 3 is 2.90 bits per heavy atom. The number of rotatable bonds is 2. The van der Waals surface area contributed by atoms with Crippen molar-refractivity contribution in [1.29, 1.82) is 0 Å². The molecule has 0 radical (unpaired) electrons. The third kappa shape index (κ3) is 1.27. The first-order chi connectivity index (χ1) is 4.75. The third-order valence-electron chi connectivity index (χ3n) is 1.59. The summed E-state index contributed by atoms with van der Waals surface area (Å²) in [5.41, 5.74) is 0. The molecule has 1 N–H and O–H groups in total. The summed E-state index contributed by atoms with van der Waals surface area (Å²) in [6, 6.07) is 0. The summed E-state index contributed by atoms with van der Waals surface area (Å²) in [7, 11) is 1.45. The first kappa shape index (κ1) is 7.50. The van der Waals surface area contributed by atoms with Gasteiger partial charge in [0, 0.05) is 7.11 Å². The van der Waals surface area contributed by atoms with Crippen molar-refractivity contribution in [3.05, 3.63) is 0 Å². The molecular weight excluding hydrogens is 136 g/mol. The fourth-order valence-electron chi connectivity index (χ4n) is 1.04. The minimum Gasteiger partial charge on any atom is -0.481 e. The lowest BCUT2D eigenvalue weighted by Crippen LogP contribution is -2.25. The molecule has 0 bridgehead atoms. The van der Waals surface area contributed by atoms with Crippen LogP contribution < -0.4 is 0 Å². The average molecular weight is 146 g/mol. The summed E-state index contributed by atoms with van der Waals surface area (Å²) in [4.78, 5) is 10.4. The van der Waals surface area contributed by atoms with Gasteiger partial charge in [0.2, 0.25) is 0 Å². The second kappa shape index (κ2) is 2.98. The Bertz CT molecular complexity index is 134. The average Bonchev–Trinajstić information content (AvgIpc) is 2.33. The Kier molecular flexibility index (Phi) is 2.24. The van der Waals surface area contributed by atoms with E-state index in [1.807, 2.05) is 0 Å². The maximum atomic E-state index is 10.4. The molecule has 0 unspecified atom stereocenters. The van der Waals surface area contributed by atoms with E-state index in [0.717, 1.165) is 0 Å². The Hall–Kier alpha value is -0.610. The maximum absolute atomic E-state index is 10.4. The summed E-state index contributed by atoms with van der Waals surface area (Å²) < 4.78 is 9.75. The van der Waals surface area contributed by atoms with E-state index >= 15 is 0 Å². The molecule has 1 saturated heterocycles. The molecular formula is C6H10O4. The van der Waals surface area contributed by atoms with Crippen LogP contribution in [0.3, 0.4) is 0 Å². The lowest BCUT2D eigenvalue weighted by atomic mass is 10.1. The van der Waals surface area contributed by atoms with E-state index in [4.69, 9.17) is 14.6 Å². The highest BCUT2D eigenvalue weighted by atomic mass is 16.7. The van der Waals surface area contributed by atoms with Gasteiger partial charge >= 0.3 is 5.97 Å². The van der Waals surface area contributed by atoms with Crippen LogP contribution in [-0.4, -0.2) is 31.1 Å². The summed E-state index contributed by atoms with van der Waals surface area (Å²) in [6.45, 7) is 0.482. The topological polar surface area (TPSA) is 55.8 Å². The molecule has 1 heterocycles. The van der Waals surface area contributed by atoms with E-state index in [9.17, 15) is 4.79 Å². The van der Waals surface area contributed by atoms with Crippen molar-refractivity contribution < 1.29 is 19.4 Å². The first-order valence-corrected chi connectivity index (χ1v) is 3.13. The molecule has 0 aromatic rings. The molecule has 0 aliphatic carbocycles. The largest absolute Gasteiger partial charge is 0.481 e. The molecule has 10 heavy (non-hydrogen) atoms. The number of aliphatic carboxylic acids is 1. The maximum Gasteiger partial charge on any atom is 0.311 e. The van der Waals surface area contributed by atoms with E-state index in [-0.39, 0.29) is 0 Å². The number of hydrogen-bond acceptors (Lipinski definition) is 3. The smallest absolute Gasteiger partial charge is 0.311 e. The number of carboxylic acid groups (broad SMARTS) is 1. The standard InChI is InChI=1S/C6H10O4/c1-9-6-4(5(7)8)2-3-10-6/h4,6H,2-3H2,1H3,(H,7,8)/t4-,6+/m1/s1. The molecule has 1 rings (SSSR count). The second-order valence-electron chi connectivity index (χ2n) is 2.21. The third-order valence-corrected chi connectivity index (χ3v) is 1.59. The molecule has 4 nitrogen and oxygen atoms in total. The quantitative estimate of drug-likeness (QED) is 0.599. The summed E-state index contributed by atoms with van der Waals surface area (Å²) >= 11 is 0. The van der Waals surface area contributed by atoms with Gasteiger partial charge in [0.25, 0.3) is 0 Å². The molecule has 0 aromatic carbocycles. The van der Waals surface area contributed by atoms with Crippen LogP contribution in [0.2, 0.25) is 0 Å². The highest BCUT2D eigenvalue weighted by Gasteiger charge is 2.33. The van der Waals surface area contributed by atoms with Gasteiger partial charge in [-0.15, -0.1) is 0 Å². The first-order valence-electron chi connectivity index (χ1n) is 3.13. The Balaban J connectivity index is 2.50. The highest BCUT2D eigenvalue weighted by Crippen LogP contribution is 2.20. The van der Waals surface area contributed by atoms with Gasteiger partial charge in [-0.3, -0.25) is 4.79 Å². The zero-order chi connectivity index (χ0) is 7.56. The van der Waals surface area contributed by atoms with E-state index in [0.29, 0.717) is 13.0 Å². The molecule has 0 amide bonds. The van der Waals surface area contributed by atoms with Gasteiger partial charge in [-0.1, -0.05) is 0 Å². The zero-order valence-electron chi connectivity index (χ0n) is 5.74. The normalized spacial score (nSPS) is 32.5. The summed E-state index contributed by atoms with van der Waals surface area (Å²) in [5.74, 6) is -1.32. The van der Waals surface area contributed by atoms with Crippen molar-refractivity contribution in [2.45, 2.75) is 12.7 Å². The minimum atomic E-state index is -0.843. The van der Waals surface area contributed by atoms with Gasteiger partial charge in [-0.25, -0.2) is 0 Å². The number of methoxy groups -OCH3 is 1. The van der Waals surface area contributed by atoms with Crippen LogP contribution in [0.5, 0.6) is 0 Å². The molecule has 58 valence electrons. The van der Waals surface area contributed by atoms with Crippen molar-refractivity contribution in [2.75, 3.05) is 13.7 Å². The van der Waals surface area contributed by atoms with Crippen molar-refractivity contribution in [3.8, 4) is 0 Å². The summed E-state index contributed by atoms with van der Waals surface area (Å²) in [6.07, 6.45) is 0.00546. The van der Waals surface area contributed by atoms with Crippen LogP contribution in [0, 0.1) is 5.92 Å². The van der Waals surface area contributed by atoms with Crippen LogP contribution in [0.4, 0.5) is 0 Å². The predicted molar refractivity (Wildman–Crippen MR) is 32.5 cm³/mol. The van der Waals surface area contributed by atoms with E-state index in [2.05, 4.69) is 0 Å². The Morgan fingerprint density at radius 1 is 1.80 bits per heavy atom.